The van der Waals surface area contributed by atoms with E-state index in [1.54, 1.807) is 33.9 Å². The number of halogens is 1. The van der Waals surface area contributed by atoms with Crippen LogP contribution in [-0.4, -0.2) is 38.9 Å². The summed E-state index contributed by atoms with van der Waals surface area (Å²) in [4.78, 5) is 3.81. The average Bonchev–Trinajstić information content (AvgIpc) is 2.90. The van der Waals surface area contributed by atoms with Crippen molar-refractivity contribution >= 4 is 15.7 Å². The molecule has 0 N–H and O–H groups in total. The lowest BCUT2D eigenvalue weighted by Crippen LogP contribution is -2.59. The number of hydrogen-bond donors (Lipinski definition) is 0. The van der Waals surface area contributed by atoms with Crippen molar-refractivity contribution in [1.82, 2.24) is 20.0 Å². The first-order valence-corrected chi connectivity index (χ1v) is 10.4. The van der Waals surface area contributed by atoms with Crippen LogP contribution in [0.15, 0.2) is 22.7 Å². The van der Waals surface area contributed by atoms with Gasteiger partial charge >= 0.3 is 0 Å². The highest BCUT2D eigenvalue weighted by atomic mass is 32.2. The van der Waals surface area contributed by atoms with Crippen molar-refractivity contribution in [1.29, 1.82) is 0 Å². The smallest absolute Gasteiger partial charge is 0.246 e. The van der Waals surface area contributed by atoms with Crippen molar-refractivity contribution in [3.63, 3.8) is 0 Å². The van der Waals surface area contributed by atoms with Crippen LogP contribution < -0.4 is 0 Å². The fourth-order valence-electron chi connectivity index (χ4n) is 3.59. The summed E-state index contributed by atoms with van der Waals surface area (Å²) >= 11 is 0. The maximum Gasteiger partial charge on any atom is 0.258 e. The van der Waals surface area contributed by atoms with Crippen LogP contribution in [0.5, 0.6) is 0 Å². The van der Waals surface area contributed by atoms with Gasteiger partial charge in [0.2, 0.25) is 5.95 Å². The first-order valence-electron chi connectivity index (χ1n) is 8.92. The molecule has 0 saturated heterocycles. The van der Waals surface area contributed by atoms with Gasteiger partial charge in [-0.25, -0.2) is 18.1 Å². The minimum atomic E-state index is -3.84. The van der Waals surface area contributed by atoms with Gasteiger partial charge in [0.15, 0.2) is 0 Å². The van der Waals surface area contributed by atoms with Crippen LogP contribution >= 0.6 is 0 Å². The van der Waals surface area contributed by atoms with Gasteiger partial charge in [-0.2, -0.15) is 8.79 Å². The molecule has 2 heterocycles. The van der Waals surface area contributed by atoms with Gasteiger partial charge in [0.05, 0.1) is 22.2 Å². The van der Waals surface area contributed by atoms with Gasteiger partial charge in [-0.1, -0.05) is 5.21 Å². The molecule has 7 nitrogen and oxygen atoms in total. The van der Waals surface area contributed by atoms with Crippen LogP contribution in [0.4, 0.5) is 4.39 Å². The topological polar surface area (TPSA) is 90.1 Å². The Morgan fingerprint density at radius 2 is 1.96 bits per heavy atom. The van der Waals surface area contributed by atoms with Gasteiger partial charge in [-0.3, -0.25) is 0 Å². The largest absolute Gasteiger partial charge is 0.258 e. The SMILES string of the molecule is Cc1nc(F)ccc1C(=NS(=O)(=O)C(C)(C)C)c1cn(C23CC(C2)C3)nn1. The predicted molar refractivity (Wildman–Crippen MR) is 98.6 cm³/mol. The standard InChI is InChI=1S/C18H22FN5O2S/c1-11-13(5-6-15(19)20-11)16(22-27(25,26)17(2,3)4)14-10-24(23-21-14)18-7-12(8-18)9-18/h5-6,10,12H,7-9H2,1-4H3. The third-order valence-electron chi connectivity index (χ3n) is 5.52. The Kier molecular flexibility index (Phi) is 3.82. The molecule has 0 spiro atoms. The lowest BCUT2D eigenvalue weighted by Gasteiger charge is -2.61. The molecule has 0 aliphatic heterocycles. The molecule has 3 saturated carbocycles. The van der Waals surface area contributed by atoms with Crippen LogP contribution in [0.3, 0.4) is 0 Å². The van der Waals surface area contributed by atoms with Gasteiger partial charge in [0, 0.05) is 5.56 Å². The second kappa shape index (κ2) is 5.67. The Hall–Kier alpha value is -2.16. The number of pyridine rings is 1. The maximum atomic E-state index is 13.5. The van der Waals surface area contributed by atoms with Crippen molar-refractivity contribution in [3.8, 4) is 0 Å². The predicted octanol–water partition coefficient (Wildman–Crippen LogP) is 2.60. The monoisotopic (exact) mass is 391 g/mol. The van der Waals surface area contributed by atoms with E-state index in [0.717, 1.165) is 25.2 Å². The van der Waals surface area contributed by atoms with Gasteiger partial charge in [-0.15, -0.1) is 5.10 Å². The molecule has 5 rings (SSSR count). The number of aryl methyl sites for hydroxylation is 1. The second-order valence-electron chi connectivity index (χ2n) is 8.55. The van der Waals surface area contributed by atoms with Crippen LogP contribution in [0, 0.1) is 18.8 Å². The van der Waals surface area contributed by atoms with E-state index in [1.807, 2.05) is 4.68 Å². The van der Waals surface area contributed by atoms with E-state index in [1.165, 1.54) is 12.1 Å². The van der Waals surface area contributed by atoms with Gasteiger partial charge in [0.1, 0.15) is 11.4 Å². The molecular weight excluding hydrogens is 369 g/mol. The summed E-state index contributed by atoms with van der Waals surface area (Å²) < 4.78 is 43.7. The fraction of sp³-hybridized carbons (Fsp3) is 0.556. The zero-order chi connectivity index (χ0) is 19.6. The van der Waals surface area contributed by atoms with Crippen molar-refractivity contribution in [2.75, 3.05) is 0 Å². The Bertz CT molecular complexity index is 1030. The summed E-state index contributed by atoms with van der Waals surface area (Å²) in [6, 6.07) is 2.67. The molecule has 9 heteroatoms. The molecule has 2 aromatic heterocycles. The summed E-state index contributed by atoms with van der Waals surface area (Å²) in [7, 11) is -3.84. The highest BCUT2D eigenvalue weighted by Crippen LogP contribution is 2.61. The second-order valence-corrected chi connectivity index (χ2v) is 10.9. The number of rotatable bonds is 4. The van der Waals surface area contributed by atoms with Crippen molar-refractivity contribution < 1.29 is 12.8 Å². The van der Waals surface area contributed by atoms with E-state index in [-0.39, 0.29) is 11.3 Å². The highest BCUT2D eigenvalue weighted by molar-refractivity contribution is 7.91. The quantitative estimate of drug-likeness (QED) is 0.590. The molecule has 3 fully saturated rings. The minimum absolute atomic E-state index is 0.0278. The van der Waals surface area contributed by atoms with Crippen LogP contribution in [0.2, 0.25) is 0 Å². The molecule has 0 atom stereocenters. The highest BCUT2D eigenvalue weighted by Gasteiger charge is 2.58. The van der Waals surface area contributed by atoms with E-state index in [4.69, 9.17) is 0 Å². The molecule has 2 bridgehead atoms. The summed E-state index contributed by atoms with van der Waals surface area (Å²) in [6.45, 7) is 6.36. The molecule has 144 valence electrons. The Morgan fingerprint density at radius 3 is 2.48 bits per heavy atom. The third-order valence-corrected chi connectivity index (χ3v) is 7.49. The summed E-state index contributed by atoms with van der Waals surface area (Å²) in [5, 5.41) is 8.42. The van der Waals surface area contributed by atoms with E-state index in [2.05, 4.69) is 19.7 Å². The maximum absolute atomic E-state index is 13.5. The lowest BCUT2D eigenvalue weighted by molar-refractivity contribution is -0.0988. The number of sulfonamides is 1. The Morgan fingerprint density at radius 1 is 1.30 bits per heavy atom. The minimum Gasteiger partial charge on any atom is -0.246 e. The van der Waals surface area contributed by atoms with E-state index in [9.17, 15) is 12.8 Å². The normalized spacial score (nSPS) is 25.1. The van der Waals surface area contributed by atoms with Crippen LogP contribution in [-0.2, 0) is 15.6 Å². The van der Waals surface area contributed by atoms with E-state index < -0.39 is 20.7 Å². The average molecular weight is 391 g/mol. The summed E-state index contributed by atoms with van der Waals surface area (Å²) in [6.07, 6.45) is 4.99. The lowest BCUT2D eigenvalue weighted by atomic mass is 9.50. The fourth-order valence-corrected chi connectivity index (χ4v) is 4.30. The van der Waals surface area contributed by atoms with Crippen molar-refractivity contribution in [3.05, 3.63) is 41.2 Å². The summed E-state index contributed by atoms with van der Waals surface area (Å²) in [5.41, 5.74) is 1.30. The zero-order valence-electron chi connectivity index (χ0n) is 15.8. The Labute approximate surface area is 157 Å². The number of nitrogens with zero attached hydrogens (tertiary/aromatic N) is 5. The number of aromatic nitrogens is 4. The first kappa shape index (κ1) is 18.2. The number of hydrogen-bond acceptors (Lipinski definition) is 5. The van der Waals surface area contributed by atoms with Crippen LogP contribution in [0.25, 0.3) is 0 Å². The molecule has 0 unspecified atom stereocenters. The molecule has 2 aromatic rings. The first-order chi connectivity index (χ1) is 12.5. The van der Waals surface area contributed by atoms with Crippen molar-refractivity contribution in [2.24, 2.45) is 10.3 Å². The third kappa shape index (κ3) is 2.88. The van der Waals surface area contributed by atoms with Gasteiger partial charge < -0.3 is 0 Å². The molecule has 3 aliphatic rings. The molecule has 3 aliphatic carbocycles. The molecule has 0 radical (unpaired) electrons. The van der Waals surface area contributed by atoms with Crippen molar-refractivity contribution in [2.45, 2.75) is 57.2 Å². The Balaban J connectivity index is 1.84. The molecule has 0 aromatic carbocycles. The van der Waals surface area contributed by atoms with Gasteiger partial charge in [0.25, 0.3) is 10.0 Å². The molecule has 27 heavy (non-hydrogen) atoms. The zero-order valence-corrected chi connectivity index (χ0v) is 16.6. The molecular formula is C18H22FN5O2S. The molecule has 0 amide bonds. The summed E-state index contributed by atoms with van der Waals surface area (Å²) in [5.74, 6) is 0.141. The van der Waals surface area contributed by atoms with Gasteiger partial charge in [-0.05, 0) is 65.0 Å². The van der Waals surface area contributed by atoms with E-state index >= 15 is 0 Å². The van der Waals surface area contributed by atoms with Crippen LogP contribution in [0.1, 0.15) is 57.0 Å². The van der Waals surface area contributed by atoms with E-state index in [0.29, 0.717) is 17.0 Å².